The monoisotopic (exact) mass is 517 g/mol. The van der Waals surface area contributed by atoms with Crippen LogP contribution >= 0.6 is 11.6 Å². The number of rotatable bonds is 4. The van der Waals surface area contributed by atoms with Gasteiger partial charge in [-0.1, -0.05) is 68.8 Å². The largest absolute Gasteiger partial charge is 0.507 e. The zero-order chi connectivity index (χ0) is 27.2. The molecule has 1 aliphatic heterocycles. The highest BCUT2D eigenvalue weighted by atomic mass is 35.5. The van der Waals surface area contributed by atoms with Crippen LogP contribution in [0.3, 0.4) is 0 Å². The van der Waals surface area contributed by atoms with Crippen molar-refractivity contribution in [2.75, 3.05) is 12.0 Å². The summed E-state index contributed by atoms with van der Waals surface area (Å²) in [5.41, 5.74) is 5.14. The second-order valence-corrected chi connectivity index (χ2v) is 11.1. The summed E-state index contributed by atoms with van der Waals surface area (Å²) in [6.45, 7) is 12.0. The van der Waals surface area contributed by atoms with Crippen molar-refractivity contribution in [3.8, 4) is 5.75 Å². The Morgan fingerprint density at radius 2 is 1.59 bits per heavy atom. The number of ether oxygens (including phenoxy) is 1. The molecule has 0 spiro atoms. The molecular weight excluding hydrogens is 486 g/mol. The van der Waals surface area contributed by atoms with Crippen molar-refractivity contribution in [2.45, 2.75) is 53.0 Å². The van der Waals surface area contributed by atoms with Crippen molar-refractivity contribution in [1.82, 2.24) is 0 Å². The third-order valence-electron chi connectivity index (χ3n) is 6.85. The van der Waals surface area contributed by atoms with Gasteiger partial charge in [-0.15, -0.1) is 0 Å². The van der Waals surface area contributed by atoms with Crippen LogP contribution in [-0.4, -0.2) is 23.9 Å². The summed E-state index contributed by atoms with van der Waals surface area (Å²) in [5.74, 6) is -1.30. The maximum Gasteiger partial charge on any atom is 0.300 e. The van der Waals surface area contributed by atoms with Gasteiger partial charge in [-0.2, -0.15) is 0 Å². The minimum absolute atomic E-state index is 0.0104. The molecule has 1 saturated heterocycles. The molecule has 3 aromatic carbocycles. The molecule has 0 radical (unpaired) electrons. The number of anilines is 1. The van der Waals surface area contributed by atoms with Crippen molar-refractivity contribution in [3.63, 3.8) is 0 Å². The fraction of sp³-hybridized carbons (Fsp3) is 0.290. The van der Waals surface area contributed by atoms with E-state index in [0.29, 0.717) is 27.6 Å². The quantitative estimate of drug-likeness (QED) is 0.226. The molecule has 37 heavy (non-hydrogen) atoms. The van der Waals surface area contributed by atoms with Gasteiger partial charge in [0.05, 0.1) is 24.3 Å². The van der Waals surface area contributed by atoms with Gasteiger partial charge in [0.25, 0.3) is 11.7 Å². The molecule has 1 aliphatic rings. The first-order valence-corrected chi connectivity index (χ1v) is 12.6. The minimum atomic E-state index is -0.850. The van der Waals surface area contributed by atoms with Crippen LogP contribution in [0.5, 0.6) is 5.75 Å². The highest BCUT2D eigenvalue weighted by molar-refractivity contribution is 6.52. The van der Waals surface area contributed by atoms with E-state index in [1.165, 1.54) is 12.0 Å². The SMILES string of the molecule is COc1c(C)cc(C)cc1/C(O)=C1\C(=O)C(=O)N(c2cc(Cl)ccc2C)C1c1ccc(C(C)(C)C)cc1. The van der Waals surface area contributed by atoms with Crippen LogP contribution in [0.2, 0.25) is 5.02 Å². The minimum Gasteiger partial charge on any atom is -0.507 e. The zero-order valence-electron chi connectivity index (χ0n) is 22.3. The van der Waals surface area contributed by atoms with Crippen molar-refractivity contribution in [3.05, 3.63) is 98.6 Å². The topological polar surface area (TPSA) is 66.8 Å². The van der Waals surface area contributed by atoms with E-state index in [1.807, 2.05) is 57.2 Å². The number of methoxy groups -OCH3 is 1. The Morgan fingerprint density at radius 3 is 2.19 bits per heavy atom. The fourth-order valence-corrected chi connectivity index (χ4v) is 5.12. The Hall–Kier alpha value is -3.57. The van der Waals surface area contributed by atoms with Crippen LogP contribution in [-0.2, 0) is 15.0 Å². The number of nitrogens with zero attached hydrogens (tertiary/aromatic N) is 1. The van der Waals surface area contributed by atoms with Gasteiger partial charge in [-0.3, -0.25) is 14.5 Å². The normalized spacial score (nSPS) is 17.4. The molecule has 5 nitrogen and oxygen atoms in total. The molecule has 1 heterocycles. The lowest BCUT2D eigenvalue weighted by molar-refractivity contribution is -0.132. The van der Waals surface area contributed by atoms with Gasteiger partial charge in [0, 0.05) is 10.7 Å². The van der Waals surface area contributed by atoms with E-state index in [-0.39, 0.29) is 16.7 Å². The molecule has 1 amide bonds. The summed E-state index contributed by atoms with van der Waals surface area (Å²) >= 11 is 6.31. The standard InChI is InChI=1S/C31H32ClNO4/c1-17-14-19(3)29(37-7)23(15-17)27(34)25-26(20-9-11-21(12-10-20)31(4,5)6)33(30(36)28(25)35)24-16-22(32)13-8-18(24)2/h8-16,26,34H,1-7H3/b27-25+. The van der Waals surface area contributed by atoms with Crippen LogP contribution in [0.25, 0.3) is 5.76 Å². The van der Waals surface area contributed by atoms with Crippen molar-refractivity contribution >= 4 is 34.7 Å². The van der Waals surface area contributed by atoms with Crippen molar-refractivity contribution in [2.24, 2.45) is 0 Å². The Kier molecular flexibility index (Phi) is 6.95. The predicted molar refractivity (Wildman–Crippen MR) is 149 cm³/mol. The van der Waals surface area contributed by atoms with Crippen LogP contribution in [0.1, 0.15) is 60.2 Å². The van der Waals surface area contributed by atoms with Gasteiger partial charge in [0.1, 0.15) is 11.5 Å². The first kappa shape index (κ1) is 26.5. The number of hydrogen-bond donors (Lipinski definition) is 1. The predicted octanol–water partition coefficient (Wildman–Crippen LogP) is 7.20. The molecule has 192 valence electrons. The molecule has 0 aromatic heterocycles. The summed E-state index contributed by atoms with van der Waals surface area (Å²) < 4.78 is 5.59. The molecule has 3 aromatic rings. The van der Waals surface area contributed by atoms with E-state index in [2.05, 4.69) is 20.8 Å². The first-order valence-electron chi connectivity index (χ1n) is 12.2. The third kappa shape index (κ3) is 4.76. The number of carbonyl (C=O) groups is 2. The van der Waals surface area contributed by atoms with E-state index in [9.17, 15) is 14.7 Å². The number of aliphatic hydroxyl groups is 1. The molecule has 1 N–H and O–H groups in total. The highest BCUT2D eigenvalue weighted by Gasteiger charge is 2.47. The molecule has 0 aliphatic carbocycles. The second-order valence-electron chi connectivity index (χ2n) is 10.6. The fourth-order valence-electron chi connectivity index (χ4n) is 4.95. The van der Waals surface area contributed by atoms with E-state index in [0.717, 1.165) is 22.3 Å². The summed E-state index contributed by atoms with van der Waals surface area (Å²) in [7, 11) is 1.52. The van der Waals surface area contributed by atoms with Gasteiger partial charge in [0.15, 0.2) is 0 Å². The third-order valence-corrected chi connectivity index (χ3v) is 7.08. The lowest BCUT2D eigenvalue weighted by atomic mass is 9.85. The number of ketones is 1. The molecule has 1 atom stereocenters. The van der Waals surface area contributed by atoms with Gasteiger partial charge in [-0.05, 0) is 72.2 Å². The maximum atomic E-state index is 13.6. The highest BCUT2D eigenvalue weighted by Crippen LogP contribution is 2.45. The number of halogens is 1. The second kappa shape index (κ2) is 9.71. The Bertz CT molecular complexity index is 1430. The Morgan fingerprint density at radius 1 is 0.946 bits per heavy atom. The number of amides is 1. The van der Waals surface area contributed by atoms with Crippen LogP contribution in [0.4, 0.5) is 5.69 Å². The summed E-state index contributed by atoms with van der Waals surface area (Å²) in [6, 6.07) is 15.9. The first-order chi connectivity index (χ1) is 17.3. The Balaban J connectivity index is 2.02. The number of aryl methyl sites for hydroxylation is 3. The smallest absolute Gasteiger partial charge is 0.300 e. The summed E-state index contributed by atoms with van der Waals surface area (Å²) in [4.78, 5) is 28.6. The van der Waals surface area contributed by atoms with E-state index in [4.69, 9.17) is 16.3 Å². The molecule has 6 heteroatoms. The summed E-state index contributed by atoms with van der Waals surface area (Å²) in [5, 5.41) is 12.1. The maximum absolute atomic E-state index is 13.6. The number of hydrogen-bond acceptors (Lipinski definition) is 4. The van der Waals surface area contributed by atoms with Gasteiger partial charge < -0.3 is 9.84 Å². The van der Waals surface area contributed by atoms with E-state index < -0.39 is 17.7 Å². The van der Waals surface area contributed by atoms with E-state index in [1.54, 1.807) is 18.2 Å². The molecule has 1 unspecified atom stereocenters. The van der Waals surface area contributed by atoms with E-state index >= 15 is 0 Å². The molecule has 1 fully saturated rings. The molecule has 0 saturated carbocycles. The lowest BCUT2D eigenvalue weighted by Gasteiger charge is -2.28. The number of benzene rings is 3. The molecule has 4 rings (SSSR count). The molecular formula is C31H32ClNO4. The van der Waals surface area contributed by atoms with Gasteiger partial charge >= 0.3 is 0 Å². The number of carbonyl (C=O) groups excluding carboxylic acids is 2. The zero-order valence-corrected chi connectivity index (χ0v) is 23.0. The van der Waals surface area contributed by atoms with Crippen molar-refractivity contribution < 1.29 is 19.4 Å². The number of aliphatic hydroxyl groups excluding tert-OH is 1. The van der Waals surface area contributed by atoms with Crippen LogP contribution in [0, 0.1) is 20.8 Å². The number of Topliss-reactive ketones (excluding diaryl/α,β-unsaturated/α-hetero) is 1. The van der Waals surface area contributed by atoms with Crippen LogP contribution in [0.15, 0.2) is 60.2 Å². The van der Waals surface area contributed by atoms with Gasteiger partial charge in [0.2, 0.25) is 0 Å². The van der Waals surface area contributed by atoms with Crippen molar-refractivity contribution in [1.29, 1.82) is 0 Å². The average molecular weight is 518 g/mol. The van der Waals surface area contributed by atoms with Gasteiger partial charge in [-0.25, -0.2) is 0 Å². The molecule has 0 bridgehead atoms. The van der Waals surface area contributed by atoms with Crippen LogP contribution < -0.4 is 9.64 Å². The Labute approximate surface area is 223 Å². The lowest BCUT2D eigenvalue weighted by Crippen LogP contribution is -2.30. The average Bonchev–Trinajstić information content (AvgIpc) is 3.09. The summed E-state index contributed by atoms with van der Waals surface area (Å²) in [6.07, 6.45) is 0.